The number of para-hydroxylation sites is 2. The van der Waals surface area contributed by atoms with E-state index in [1.54, 1.807) is 23.1 Å². The third kappa shape index (κ3) is 11.0. The van der Waals surface area contributed by atoms with Gasteiger partial charge in [0.05, 0.1) is 10.7 Å². The van der Waals surface area contributed by atoms with Gasteiger partial charge in [-0.2, -0.15) is 4.57 Å². The Bertz CT molecular complexity index is 2290. The second kappa shape index (κ2) is 23.2. The molecule has 0 atom stereocenters. The van der Waals surface area contributed by atoms with Crippen LogP contribution in [0, 0.1) is 0 Å². The molecule has 6 rings (SSSR count). The van der Waals surface area contributed by atoms with E-state index in [-0.39, 0.29) is 24.5 Å². The van der Waals surface area contributed by atoms with Crippen LogP contribution >= 0.6 is 23.1 Å². The van der Waals surface area contributed by atoms with Crippen molar-refractivity contribution in [2.75, 3.05) is 11.4 Å². The summed E-state index contributed by atoms with van der Waals surface area (Å²) < 4.78 is 6.32. The minimum atomic E-state index is -0.474. The summed E-state index contributed by atoms with van der Waals surface area (Å²) in [6.45, 7) is 10.6. The topological polar surface area (TPSA) is 71.3 Å². The fourth-order valence-electron chi connectivity index (χ4n) is 8.82. The van der Waals surface area contributed by atoms with E-state index in [9.17, 15) is 14.7 Å². The van der Waals surface area contributed by atoms with E-state index >= 15 is 0 Å². The molecule has 7 nitrogen and oxygen atoms in total. The molecule has 2 aliphatic rings. The van der Waals surface area contributed by atoms with E-state index < -0.39 is 11.2 Å². The average Bonchev–Trinajstić information content (AvgIpc) is 3.94. The zero-order valence-electron chi connectivity index (χ0n) is 36.9. The van der Waals surface area contributed by atoms with Crippen LogP contribution in [0.25, 0.3) is 21.9 Å². The summed E-state index contributed by atoms with van der Waals surface area (Å²) in [5.41, 5.74) is 4.58. The number of benzene rings is 2. The molecule has 4 aromatic rings. The minimum absolute atomic E-state index is 0.224. The van der Waals surface area contributed by atoms with E-state index in [4.69, 9.17) is 0 Å². The Morgan fingerprint density at radius 2 is 1.33 bits per heavy atom. The van der Waals surface area contributed by atoms with Gasteiger partial charge in [0, 0.05) is 43.1 Å². The Morgan fingerprint density at radius 3 is 2.03 bits per heavy atom. The monoisotopic (exact) mass is 849 g/mol. The van der Waals surface area contributed by atoms with Crippen LogP contribution in [0.4, 0.5) is 5.69 Å². The van der Waals surface area contributed by atoms with Gasteiger partial charge in [0.2, 0.25) is 11.4 Å². The largest absolute Gasteiger partial charge is 0.494 e. The maximum atomic E-state index is 14.3. The van der Waals surface area contributed by atoms with Crippen LogP contribution < -0.4 is 20.7 Å². The van der Waals surface area contributed by atoms with Crippen LogP contribution in [-0.2, 0) is 19.6 Å². The standard InChI is InChI=1S/C51H68N4O3S2/c1-5-9-11-13-15-17-19-25-37-54-41-27-21-23-29-43(41)59-45(54)35-33-39-31-32-40(47(39)48-49(56)52(7-3)51(58)53(8-4)50(48)57)34-36-46-55(42-28-22-24-30-44(42)60-46)38-26-20-18-16-14-12-10-6-2/h21-24,27-30,33-36H,5-20,25-26,31-32,37-38H2,1-4H3/p+1/b39-33+,45-35-. The quantitative estimate of drug-likeness (QED) is 0.0562. The maximum absolute atomic E-state index is 14.3. The third-order valence-electron chi connectivity index (χ3n) is 12.2. The van der Waals surface area contributed by atoms with Crippen molar-refractivity contribution in [3.63, 3.8) is 0 Å². The van der Waals surface area contributed by atoms with Crippen molar-refractivity contribution < 1.29 is 9.67 Å². The zero-order chi connectivity index (χ0) is 42.3. The number of hydrogen-bond acceptors (Lipinski definition) is 6. The van der Waals surface area contributed by atoms with Crippen molar-refractivity contribution in [2.45, 2.75) is 168 Å². The lowest BCUT2D eigenvalue weighted by Gasteiger charge is -2.20. The molecule has 3 heterocycles. The predicted octanol–water partition coefficient (Wildman–Crippen LogP) is 13.2. The number of fused-ring (bicyclic) bond motifs is 2. The Kier molecular flexibility index (Phi) is 17.6. The molecule has 0 fully saturated rings. The van der Waals surface area contributed by atoms with E-state index in [0.717, 1.165) is 55.5 Å². The Morgan fingerprint density at radius 1 is 0.700 bits per heavy atom. The molecule has 1 aliphatic heterocycles. The number of thioether (sulfide) groups is 1. The minimum Gasteiger partial charge on any atom is -0.494 e. The molecular formula is C51H69N4O3S2+. The number of anilines is 1. The normalized spacial score (nSPS) is 15.6. The number of unbranched alkanes of at least 4 members (excludes halogenated alkanes) is 14. The molecule has 2 aromatic carbocycles. The first kappa shape index (κ1) is 45.4. The zero-order valence-corrected chi connectivity index (χ0v) is 38.5. The molecule has 60 heavy (non-hydrogen) atoms. The number of aryl methyl sites for hydroxylation is 1. The molecular weight excluding hydrogens is 781 g/mol. The predicted molar refractivity (Wildman–Crippen MR) is 256 cm³/mol. The Labute approximate surface area is 367 Å². The van der Waals surface area contributed by atoms with Gasteiger partial charge in [-0.3, -0.25) is 13.9 Å². The van der Waals surface area contributed by atoms with Gasteiger partial charge in [-0.15, -0.1) is 0 Å². The molecule has 0 radical (unpaired) electrons. The van der Waals surface area contributed by atoms with Gasteiger partial charge < -0.3 is 10.0 Å². The first-order chi connectivity index (χ1) is 29.4. The Balaban J connectivity index is 1.34. The van der Waals surface area contributed by atoms with Crippen molar-refractivity contribution in [1.29, 1.82) is 0 Å². The summed E-state index contributed by atoms with van der Waals surface area (Å²) in [5.74, 6) is -0.246. The second-order valence-electron chi connectivity index (χ2n) is 16.4. The molecule has 0 spiro atoms. The van der Waals surface area contributed by atoms with Gasteiger partial charge in [0.25, 0.3) is 10.6 Å². The van der Waals surface area contributed by atoms with Gasteiger partial charge >= 0.3 is 5.69 Å². The van der Waals surface area contributed by atoms with Gasteiger partial charge in [-0.25, -0.2) is 4.79 Å². The molecule has 0 saturated carbocycles. The average molecular weight is 850 g/mol. The highest BCUT2D eigenvalue weighted by Crippen LogP contribution is 2.47. The molecule has 1 aliphatic carbocycles. The summed E-state index contributed by atoms with van der Waals surface area (Å²) in [5, 5.41) is 14.1. The van der Waals surface area contributed by atoms with Crippen molar-refractivity contribution in [2.24, 2.45) is 0 Å². The van der Waals surface area contributed by atoms with Gasteiger partial charge in [-0.05, 0) is 80.5 Å². The second-order valence-corrected chi connectivity index (χ2v) is 18.6. The lowest BCUT2D eigenvalue weighted by Crippen LogP contribution is -2.40. The van der Waals surface area contributed by atoms with Crippen LogP contribution in [0.1, 0.15) is 154 Å². The lowest BCUT2D eigenvalue weighted by atomic mass is 9.99. The van der Waals surface area contributed by atoms with Gasteiger partial charge in [0.15, 0.2) is 6.54 Å². The highest BCUT2D eigenvalue weighted by Gasteiger charge is 2.30. The Hall–Kier alpha value is -4.08. The molecule has 2 aromatic heterocycles. The number of aromatic hydroxyl groups is 1. The summed E-state index contributed by atoms with van der Waals surface area (Å²) >= 11 is 3.60. The van der Waals surface area contributed by atoms with Crippen molar-refractivity contribution >= 4 is 50.7 Å². The molecule has 0 bridgehead atoms. The SMILES string of the molecule is CCCCCCCCCCN1/C(=C/C=C2\CCC(/C=C/c3sc4ccccc4[n+]3CCCCCCCCCC)=C2c2c(O)n(CC)c(=O)n(CC)c2=O)Sc2ccccc21. The maximum Gasteiger partial charge on any atom is 0.333 e. The number of thiazole rings is 1. The number of hydrogen-bond donors (Lipinski definition) is 1. The summed E-state index contributed by atoms with van der Waals surface area (Å²) in [7, 11) is 0. The molecule has 0 saturated heterocycles. The van der Waals surface area contributed by atoms with Gasteiger partial charge in [0.1, 0.15) is 10.3 Å². The number of aromatic nitrogens is 3. The fourth-order valence-corrected chi connectivity index (χ4v) is 11.0. The fraction of sp³-hybridized carbons (Fsp3) is 0.510. The first-order valence-corrected chi connectivity index (χ1v) is 24.9. The van der Waals surface area contributed by atoms with E-state index in [1.807, 2.05) is 13.8 Å². The van der Waals surface area contributed by atoms with Crippen LogP contribution in [0.15, 0.2) is 97.4 Å². The smallest absolute Gasteiger partial charge is 0.333 e. The van der Waals surface area contributed by atoms with Crippen molar-refractivity contribution in [3.05, 3.63) is 114 Å². The molecule has 322 valence electrons. The lowest BCUT2D eigenvalue weighted by molar-refractivity contribution is -0.669. The van der Waals surface area contributed by atoms with Crippen molar-refractivity contribution in [1.82, 2.24) is 9.13 Å². The van der Waals surface area contributed by atoms with Crippen LogP contribution in [0.5, 0.6) is 5.88 Å². The van der Waals surface area contributed by atoms with Gasteiger partial charge in [-0.1, -0.05) is 157 Å². The third-order valence-corrected chi connectivity index (χ3v) is 14.4. The van der Waals surface area contributed by atoms with E-state index in [2.05, 4.69) is 96.1 Å². The van der Waals surface area contributed by atoms with Crippen LogP contribution in [0.2, 0.25) is 0 Å². The summed E-state index contributed by atoms with van der Waals surface area (Å²) in [6, 6.07) is 17.3. The number of rotatable bonds is 24. The number of allylic oxidation sites excluding steroid dienone is 6. The summed E-state index contributed by atoms with van der Waals surface area (Å²) in [6.07, 6.45) is 30.7. The van der Waals surface area contributed by atoms with E-state index in [1.165, 1.54) is 130 Å². The van der Waals surface area contributed by atoms with Crippen LogP contribution in [0.3, 0.4) is 0 Å². The van der Waals surface area contributed by atoms with Crippen molar-refractivity contribution in [3.8, 4) is 5.88 Å². The summed E-state index contributed by atoms with van der Waals surface area (Å²) in [4.78, 5) is 31.3. The molecule has 0 amide bonds. The molecule has 1 N–H and O–H groups in total. The highest BCUT2D eigenvalue weighted by atomic mass is 32.2. The highest BCUT2D eigenvalue weighted by molar-refractivity contribution is 8.03. The molecule has 0 unspecified atom stereocenters. The first-order valence-electron chi connectivity index (χ1n) is 23.3. The molecule has 9 heteroatoms. The van der Waals surface area contributed by atoms with Crippen LogP contribution in [-0.4, -0.2) is 20.8 Å². The van der Waals surface area contributed by atoms with E-state index in [0.29, 0.717) is 0 Å². The number of nitrogens with zero attached hydrogens (tertiary/aromatic N) is 4.